The number of anilines is 3. The molecule has 0 bridgehead atoms. The van der Waals surface area contributed by atoms with Crippen LogP contribution in [0.3, 0.4) is 0 Å². The molecule has 13 nitrogen and oxygen atoms in total. The molecule has 0 aliphatic carbocycles. The summed E-state index contributed by atoms with van der Waals surface area (Å²) in [7, 11) is -2.05. The highest BCUT2D eigenvalue weighted by Gasteiger charge is 2.28. The summed E-state index contributed by atoms with van der Waals surface area (Å²) in [5, 5.41) is 13.1. The van der Waals surface area contributed by atoms with Crippen LogP contribution in [0.2, 0.25) is 0 Å². The third kappa shape index (κ3) is 6.08. The number of hydrogen-bond acceptors (Lipinski definition) is 9. The van der Waals surface area contributed by atoms with Gasteiger partial charge in [0.25, 0.3) is 0 Å². The summed E-state index contributed by atoms with van der Waals surface area (Å²) >= 11 is 0. The van der Waals surface area contributed by atoms with Crippen LogP contribution in [0, 0.1) is 0 Å². The third-order valence-corrected chi connectivity index (χ3v) is 8.26. The molecule has 224 valence electrons. The average Bonchev–Trinajstić information content (AvgIpc) is 3.19. The number of aliphatic carboxylic acids is 1. The van der Waals surface area contributed by atoms with Crippen molar-refractivity contribution in [3.63, 3.8) is 0 Å². The number of nitrogens with one attached hydrogen (secondary N) is 1. The zero-order valence-electron chi connectivity index (χ0n) is 24.5. The fourth-order valence-corrected chi connectivity index (χ4v) is 6.17. The number of sulfonamides is 1. The maximum Gasteiger partial charge on any atom is 0.334 e. The van der Waals surface area contributed by atoms with Crippen molar-refractivity contribution in [3.05, 3.63) is 64.8 Å². The van der Waals surface area contributed by atoms with Crippen LogP contribution in [0.25, 0.3) is 16.9 Å². The molecule has 1 aromatic carbocycles. The van der Waals surface area contributed by atoms with E-state index in [1.807, 2.05) is 24.8 Å². The van der Waals surface area contributed by atoms with Gasteiger partial charge >= 0.3 is 11.7 Å². The van der Waals surface area contributed by atoms with Crippen molar-refractivity contribution in [3.8, 4) is 5.69 Å². The van der Waals surface area contributed by atoms with E-state index in [2.05, 4.69) is 20.3 Å². The molecule has 4 rings (SSSR count). The second-order valence-corrected chi connectivity index (χ2v) is 12.0. The molecule has 0 saturated heterocycles. The predicted molar refractivity (Wildman–Crippen MR) is 163 cm³/mol. The van der Waals surface area contributed by atoms with Crippen molar-refractivity contribution in [1.29, 1.82) is 0 Å². The van der Waals surface area contributed by atoms with Gasteiger partial charge in [-0.1, -0.05) is 12.1 Å². The molecule has 0 saturated carbocycles. The van der Waals surface area contributed by atoms with E-state index in [0.29, 0.717) is 41.5 Å². The van der Waals surface area contributed by atoms with Crippen LogP contribution in [0.1, 0.15) is 33.3 Å². The smallest absolute Gasteiger partial charge is 0.334 e. The lowest BCUT2D eigenvalue weighted by molar-refractivity contribution is -0.137. The molecular weight excluding hydrogens is 560 g/mol. The summed E-state index contributed by atoms with van der Waals surface area (Å²) in [6.07, 6.45) is 4.17. The Morgan fingerprint density at radius 2 is 1.76 bits per heavy atom. The molecule has 0 aliphatic heterocycles. The van der Waals surface area contributed by atoms with Crippen LogP contribution in [0.4, 0.5) is 17.5 Å². The van der Waals surface area contributed by atoms with Crippen molar-refractivity contribution in [1.82, 2.24) is 24.1 Å². The molecule has 14 heteroatoms. The quantitative estimate of drug-likeness (QED) is 0.249. The summed E-state index contributed by atoms with van der Waals surface area (Å²) in [6, 6.07) is 8.94. The number of benzene rings is 1. The number of hydrogen-bond donors (Lipinski definition) is 2. The van der Waals surface area contributed by atoms with Gasteiger partial charge in [0.2, 0.25) is 16.0 Å². The molecule has 4 aromatic rings. The number of pyridine rings is 1. The first-order chi connectivity index (χ1) is 19.9. The Balaban J connectivity index is 1.70. The molecule has 42 heavy (non-hydrogen) atoms. The lowest BCUT2D eigenvalue weighted by atomic mass is 10.1. The molecular formula is C28H36N8O5S. The highest BCUT2D eigenvalue weighted by molar-refractivity contribution is 7.92. The SMILES string of the molecule is CCN(CC)c1ncc(N(C(C)C)S(C)(=O)=O)c(NC(Cc2ccc(-n3c(=O)n(C)c4cccnc43)cc2)C(=O)O)n1. The number of rotatable bonds is 12. The first-order valence-corrected chi connectivity index (χ1v) is 15.4. The molecule has 0 amide bonds. The molecule has 0 radical (unpaired) electrons. The zero-order valence-corrected chi connectivity index (χ0v) is 25.3. The second kappa shape index (κ2) is 12.2. The van der Waals surface area contributed by atoms with E-state index in [1.165, 1.54) is 19.6 Å². The van der Waals surface area contributed by atoms with Crippen molar-refractivity contribution in [2.24, 2.45) is 7.05 Å². The Labute approximate surface area is 244 Å². The minimum absolute atomic E-state index is 0.0584. The number of carboxylic acid groups (broad SMARTS) is 1. The number of aryl methyl sites for hydroxylation is 1. The minimum atomic E-state index is -3.73. The minimum Gasteiger partial charge on any atom is -0.480 e. The zero-order chi connectivity index (χ0) is 30.8. The van der Waals surface area contributed by atoms with Gasteiger partial charge in [-0.15, -0.1) is 0 Å². The molecule has 0 fully saturated rings. The highest BCUT2D eigenvalue weighted by Crippen LogP contribution is 2.30. The maximum atomic E-state index is 12.9. The Bertz CT molecular complexity index is 1740. The number of aromatic nitrogens is 5. The molecule has 0 spiro atoms. The summed E-state index contributed by atoms with van der Waals surface area (Å²) in [4.78, 5) is 40.5. The topological polar surface area (TPSA) is 156 Å². The molecule has 1 atom stereocenters. The van der Waals surface area contributed by atoms with E-state index < -0.39 is 28.1 Å². The summed E-state index contributed by atoms with van der Waals surface area (Å²) in [5.41, 5.74) is 2.40. The standard InChI is InChI=1S/C28H36N8O5S/c1-7-34(8-2)27-30-17-23(36(18(3)4)42(6,40)41)24(32-27)31-21(26(37)38)16-19-11-13-20(14-12-19)35-25-22(10-9-15-29-25)33(5)28(35)39/h9-15,17-18,21H,7-8,16H2,1-6H3,(H,37,38)(H,30,31,32). The van der Waals surface area contributed by atoms with E-state index in [-0.39, 0.29) is 23.6 Å². The second-order valence-electron chi connectivity index (χ2n) is 10.2. The van der Waals surface area contributed by atoms with Gasteiger partial charge in [-0.05, 0) is 57.5 Å². The van der Waals surface area contributed by atoms with E-state index in [4.69, 9.17) is 0 Å². The van der Waals surface area contributed by atoms with Crippen molar-refractivity contribution in [2.45, 2.75) is 46.2 Å². The fourth-order valence-electron chi connectivity index (χ4n) is 4.91. The van der Waals surface area contributed by atoms with Crippen molar-refractivity contribution >= 4 is 44.6 Å². The summed E-state index contributed by atoms with van der Waals surface area (Å²) in [6.45, 7) is 8.54. The monoisotopic (exact) mass is 596 g/mol. The highest BCUT2D eigenvalue weighted by atomic mass is 32.2. The summed E-state index contributed by atoms with van der Waals surface area (Å²) in [5.74, 6) is -0.688. The van der Waals surface area contributed by atoms with Crippen LogP contribution in [-0.2, 0) is 28.3 Å². The van der Waals surface area contributed by atoms with Crippen molar-refractivity contribution in [2.75, 3.05) is 33.9 Å². The first-order valence-electron chi connectivity index (χ1n) is 13.6. The van der Waals surface area contributed by atoms with E-state index >= 15 is 0 Å². The lowest BCUT2D eigenvalue weighted by Crippen LogP contribution is -2.39. The number of nitrogens with zero attached hydrogens (tertiary/aromatic N) is 7. The van der Waals surface area contributed by atoms with E-state index in [0.717, 1.165) is 6.26 Å². The molecule has 3 aromatic heterocycles. The predicted octanol–water partition coefficient (Wildman–Crippen LogP) is 2.64. The Hall–Kier alpha value is -4.46. The molecule has 2 N–H and O–H groups in total. The van der Waals surface area contributed by atoms with Gasteiger partial charge in [-0.3, -0.25) is 8.87 Å². The molecule has 0 aliphatic rings. The van der Waals surface area contributed by atoms with Crippen LogP contribution in [0.15, 0.2) is 53.6 Å². The molecule has 1 unspecified atom stereocenters. The van der Waals surface area contributed by atoms with Crippen molar-refractivity contribution < 1.29 is 18.3 Å². The van der Waals surface area contributed by atoms with E-state index in [9.17, 15) is 23.1 Å². The average molecular weight is 597 g/mol. The van der Waals surface area contributed by atoms with Gasteiger partial charge in [0, 0.05) is 38.8 Å². The Morgan fingerprint density at radius 3 is 2.33 bits per heavy atom. The fraction of sp³-hybridized carbons (Fsp3) is 0.393. The third-order valence-electron chi connectivity index (χ3n) is 6.93. The van der Waals surface area contributed by atoms with Crippen LogP contribution in [0.5, 0.6) is 0 Å². The Morgan fingerprint density at radius 1 is 1.10 bits per heavy atom. The maximum absolute atomic E-state index is 12.9. The van der Waals surface area contributed by atoms with Gasteiger partial charge in [0.1, 0.15) is 11.7 Å². The largest absolute Gasteiger partial charge is 0.480 e. The Kier molecular flexibility index (Phi) is 8.85. The first kappa shape index (κ1) is 30.5. The van der Waals surface area contributed by atoms with Gasteiger partial charge in [-0.25, -0.2) is 32.5 Å². The van der Waals surface area contributed by atoms with Crippen LogP contribution >= 0.6 is 0 Å². The van der Waals surface area contributed by atoms with Gasteiger partial charge < -0.3 is 15.3 Å². The normalized spacial score (nSPS) is 12.5. The van der Waals surface area contributed by atoms with Crippen LogP contribution < -0.4 is 20.2 Å². The van der Waals surface area contributed by atoms with Crippen LogP contribution in [-0.4, -0.2) is 75.0 Å². The van der Waals surface area contributed by atoms with E-state index in [1.54, 1.807) is 57.4 Å². The number of carbonyl (C=O) groups is 1. The lowest BCUT2D eigenvalue weighted by Gasteiger charge is -2.29. The van der Waals surface area contributed by atoms with Gasteiger partial charge in [0.15, 0.2) is 11.5 Å². The summed E-state index contributed by atoms with van der Waals surface area (Å²) < 4.78 is 29.6. The number of imidazole rings is 1. The number of carboxylic acids is 1. The molecule has 3 heterocycles. The van der Waals surface area contributed by atoms with Gasteiger partial charge in [0.05, 0.1) is 23.7 Å². The number of fused-ring (bicyclic) bond motifs is 1. The van der Waals surface area contributed by atoms with Gasteiger partial charge in [-0.2, -0.15) is 4.98 Å².